The summed E-state index contributed by atoms with van der Waals surface area (Å²) in [5.41, 5.74) is 1.01. The van der Waals surface area contributed by atoms with Gasteiger partial charge in [0.05, 0.1) is 6.20 Å². The molecule has 1 aromatic carbocycles. The molecule has 1 amide bonds. The van der Waals surface area contributed by atoms with Crippen molar-refractivity contribution in [3.05, 3.63) is 36.7 Å². The lowest BCUT2D eigenvalue weighted by atomic mass is 10.3. The number of rotatable bonds is 5. The lowest BCUT2D eigenvalue weighted by Crippen LogP contribution is -2.12. The summed E-state index contributed by atoms with van der Waals surface area (Å²) >= 11 is 0. The molecule has 1 heterocycles. The fourth-order valence-corrected chi connectivity index (χ4v) is 2.71. The maximum atomic E-state index is 12.2. The minimum absolute atomic E-state index is 0.107. The molecule has 2 rings (SSSR count). The van der Waals surface area contributed by atoms with Crippen LogP contribution >= 0.6 is 0 Å². The molecule has 0 radical (unpaired) electrons. The SMILES string of the molecule is CCn1cc(S(=O)(=O)Nc2ccc(NC(C)=O)cc2)cn1. The van der Waals surface area contributed by atoms with Crippen molar-refractivity contribution < 1.29 is 13.2 Å². The smallest absolute Gasteiger partial charge is 0.265 e. The van der Waals surface area contributed by atoms with E-state index in [0.29, 0.717) is 17.9 Å². The molecule has 21 heavy (non-hydrogen) atoms. The van der Waals surface area contributed by atoms with E-state index in [0.717, 1.165) is 0 Å². The van der Waals surface area contributed by atoms with E-state index in [4.69, 9.17) is 0 Å². The van der Waals surface area contributed by atoms with Gasteiger partial charge in [-0.25, -0.2) is 8.42 Å². The molecule has 8 heteroatoms. The minimum Gasteiger partial charge on any atom is -0.326 e. The van der Waals surface area contributed by atoms with E-state index in [1.807, 2.05) is 6.92 Å². The van der Waals surface area contributed by atoms with Crippen LogP contribution in [0, 0.1) is 0 Å². The molecule has 0 aliphatic heterocycles. The zero-order valence-electron chi connectivity index (χ0n) is 11.7. The lowest BCUT2D eigenvalue weighted by Gasteiger charge is -2.07. The molecule has 112 valence electrons. The van der Waals surface area contributed by atoms with Crippen molar-refractivity contribution in [1.82, 2.24) is 9.78 Å². The van der Waals surface area contributed by atoms with E-state index in [9.17, 15) is 13.2 Å². The number of amides is 1. The Morgan fingerprint density at radius 1 is 1.24 bits per heavy atom. The highest BCUT2D eigenvalue weighted by molar-refractivity contribution is 7.92. The third kappa shape index (κ3) is 3.82. The molecule has 0 bridgehead atoms. The summed E-state index contributed by atoms with van der Waals surface area (Å²) in [4.78, 5) is 11.0. The number of hydrogen-bond donors (Lipinski definition) is 2. The normalized spacial score (nSPS) is 11.1. The third-order valence-corrected chi connectivity index (χ3v) is 4.04. The monoisotopic (exact) mass is 308 g/mol. The summed E-state index contributed by atoms with van der Waals surface area (Å²) in [7, 11) is -3.66. The van der Waals surface area contributed by atoms with Gasteiger partial charge in [-0.05, 0) is 31.2 Å². The van der Waals surface area contributed by atoms with Crippen molar-refractivity contribution >= 4 is 27.3 Å². The summed E-state index contributed by atoms with van der Waals surface area (Å²) in [6.07, 6.45) is 2.77. The number of aryl methyl sites for hydroxylation is 1. The molecule has 0 unspecified atom stereocenters. The molecule has 0 spiro atoms. The van der Waals surface area contributed by atoms with Gasteiger partial charge in [0, 0.05) is 31.0 Å². The predicted octanol–water partition coefficient (Wildman–Crippen LogP) is 1.66. The van der Waals surface area contributed by atoms with Crippen LogP contribution in [0.5, 0.6) is 0 Å². The Balaban J connectivity index is 2.14. The number of carbonyl (C=O) groups excluding carboxylic acids is 1. The largest absolute Gasteiger partial charge is 0.326 e. The van der Waals surface area contributed by atoms with Crippen LogP contribution in [0.4, 0.5) is 11.4 Å². The van der Waals surface area contributed by atoms with Gasteiger partial charge in [0.15, 0.2) is 0 Å². The van der Waals surface area contributed by atoms with E-state index in [1.165, 1.54) is 24.0 Å². The number of nitrogens with one attached hydrogen (secondary N) is 2. The second-order valence-electron chi connectivity index (χ2n) is 4.40. The van der Waals surface area contributed by atoms with Gasteiger partial charge in [-0.15, -0.1) is 0 Å². The van der Waals surface area contributed by atoms with Crippen LogP contribution in [-0.2, 0) is 21.4 Å². The minimum atomic E-state index is -3.66. The van der Waals surface area contributed by atoms with Gasteiger partial charge in [-0.1, -0.05) is 0 Å². The molecular weight excluding hydrogens is 292 g/mol. The number of benzene rings is 1. The summed E-state index contributed by atoms with van der Waals surface area (Å²) in [6, 6.07) is 6.39. The molecule has 1 aromatic heterocycles. The Hall–Kier alpha value is -2.35. The summed E-state index contributed by atoms with van der Waals surface area (Å²) in [6.45, 7) is 3.88. The van der Waals surface area contributed by atoms with Crippen LogP contribution in [0.15, 0.2) is 41.6 Å². The van der Waals surface area contributed by atoms with E-state index in [1.54, 1.807) is 24.3 Å². The van der Waals surface area contributed by atoms with Gasteiger partial charge < -0.3 is 5.32 Å². The lowest BCUT2D eigenvalue weighted by molar-refractivity contribution is -0.114. The third-order valence-electron chi connectivity index (χ3n) is 2.70. The number of nitrogens with zero attached hydrogens (tertiary/aromatic N) is 2. The van der Waals surface area contributed by atoms with E-state index >= 15 is 0 Å². The molecule has 0 fully saturated rings. The van der Waals surface area contributed by atoms with E-state index in [2.05, 4.69) is 15.1 Å². The Morgan fingerprint density at radius 2 is 1.86 bits per heavy atom. The first kappa shape index (κ1) is 15.0. The van der Waals surface area contributed by atoms with E-state index in [-0.39, 0.29) is 10.8 Å². The molecule has 0 aliphatic rings. The van der Waals surface area contributed by atoms with Crippen LogP contribution < -0.4 is 10.0 Å². The highest BCUT2D eigenvalue weighted by atomic mass is 32.2. The Morgan fingerprint density at radius 3 is 2.38 bits per heavy atom. The maximum absolute atomic E-state index is 12.2. The van der Waals surface area contributed by atoms with E-state index < -0.39 is 10.0 Å². The molecule has 7 nitrogen and oxygen atoms in total. The summed E-state index contributed by atoms with van der Waals surface area (Å²) in [5.74, 6) is -0.185. The number of anilines is 2. The average Bonchev–Trinajstić information content (AvgIpc) is 2.90. The van der Waals surface area contributed by atoms with Gasteiger partial charge in [0.2, 0.25) is 5.91 Å². The van der Waals surface area contributed by atoms with Gasteiger partial charge in [0.25, 0.3) is 10.0 Å². The number of sulfonamides is 1. The quantitative estimate of drug-likeness (QED) is 0.878. The number of aromatic nitrogens is 2. The van der Waals surface area contributed by atoms with Crippen molar-refractivity contribution in [2.45, 2.75) is 25.3 Å². The highest BCUT2D eigenvalue weighted by Gasteiger charge is 2.16. The molecule has 0 aliphatic carbocycles. The van der Waals surface area contributed by atoms with Gasteiger partial charge in [-0.3, -0.25) is 14.2 Å². The fourth-order valence-electron chi connectivity index (χ4n) is 1.70. The second-order valence-corrected chi connectivity index (χ2v) is 6.08. The topological polar surface area (TPSA) is 93.1 Å². The van der Waals surface area contributed by atoms with Gasteiger partial charge in [0.1, 0.15) is 4.90 Å². The number of carbonyl (C=O) groups is 1. The summed E-state index contributed by atoms with van der Waals surface area (Å²) < 4.78 is 28.3. The first-order valence-corrected chi connectivity index (χ1v) is 7.82. The molecule has 0 saturated carbocycles. The molecule has 2 aromatic rings. The molecular formula is C13H16N4O3S. The molecule has 2 N–H and O–H groups in total. The van der Waals surface area contributed by atoms with Crippen LogP contribution in [0.2, 0.25) is 0 Å². The fraction of sp³-hybridized carbons (Fsp3) is 0.231. The zero-order chi connectivity index (χ0) is 15.5. The van der Waals surface area contributed by atoms with Crippen LogP contribution in [0.3, 0.4) is 0 Å². The standard InChI is InChI=1S/C13H16N4O3S/c1-3-17-9-13(8-14-17)21(19,20)16-12-6-4-11(5-7-12)15-10(2)18/h4-9,16H,3H2,1-2H3,(H,15,18). The van der Waals surface area contributed by atoms with Crippen molar-refractivity contribution in [2.75, 3.05) is 10.0 Å². The van der Waals surface area contributed by atoms with Crippen LogP contribution in [0.25, 0.3) is 0 Å². The first-order chi connectivity index (χ1) is 9.90. The van der Waals surface area contributed by atoms with Crippen molar-refractivity contribution in [3.8, 4) is 0 Å². The van der Waals surface area contributed by atoms with Gasteiger partial charge >= 0.3 is 0 Å². The van der Waals surface area contributed by atoms with Crippen molar-refractivity contribution in [2.24, 2.45) is 0 Å². The van der Waals surface area contributed by atoms with Crippen molar-refractivity contribution in [3.63, 3.8) is 0 Å². The van der Waals surface area contributed by atoms with Crippen molar-refractivity contribution in [1.29, 1.82) is 0 Å². The average molecular weight is 308 g/mol. The second kappa shape index (κ2) is 5.96. The Kier molecular flexibility index (Phi) is 4.27. The highest BCUT2D eigenvalue weighted by Crippen LogP contribution is 2.18. The van der Waals surface area contributed by atoms with Crippen LogP contribution in [0.1, 0.15) is 13.8 Å². The maximum Gasteiger partial charge on any atom is 0.265 e. The Labute approximate surface area is 123 Å². The van der Waals surface area contributed by atoms with Gasteiger partial charge in [-0.2, -0.15) is 5.10 Å². The molecule has 0 saturated heterocycles. The summed E-state index contributed by atoms with van der Waals surface area (Å²) in [5, 5.41) is 6.55. The Bertz CT molecular complexity index is 735. The zero-order valence-corrected chi connectivity index (χ0v) is 12.5. The number of hydrogen-bond acceptors (Lipinski definition) is 4. The molecule has 0 atom stereocenters. The first-order valence-electron chi connectivity index (χ1n) is 6.33. The predicted molar refractivity (Wildman–Crippen MR) is 79.5 cm³/mol. The van der Waals surface area contributed by atoms with Crippen LogP contribution in [-0.4, -0.2) is 24.1 Å².